The quantitative estimate of drug-likeness (QED) is 0.839. The lowest BCUT2D eigenvalue weighted by atomic mass is 9.97. The molecule has 1 aromatic rings. The third-order valence-electron chi connectivity index (χ3n) is 5.18. The van der Waals surface area contributed by atoms with Gasteiger partial charge in [-0.05, 0) is 50.8 Å². The molecule has 0 spiro atoms. The van der Waals surface area contributed by atoms with Gasteiger partial charge in [0.05, 0.1) is 0 Å². The molecular weight excluding hydrogens is 264 g/mol. The largest absolute Gasteiger partial charge is 0.298 e. The van der Waals surface area contributed by atoms with E-state index in [-0.39, 0.29) is 0 Å². The third kappa shape index (κ3) is 2.81. The lowest BCUT2D eigenvalue weighted by Gasteiger charge is -2.45. The molecule has 2 atom stereocenters. The summed E-state index contributed by atoms with van der Waals surface area (Å²) in [6.45, 7) is 14.3. The SMILES string of the molecule is Cc1cc(CN2CC3CCCN3CC2C(C)C)sc1C. The summed E-state index contributed by atoms with van der Waals surface area (Å²) in [4.78, 5) is 8.55. The van der Waals surface area contributed by atoms with Gasteiger partial charge in [-0.2, -0.15) is 0 Å². The molecule has 112 valence electrons. The summed E-state index contributed by atoms with van der Waals surface area (Å²) in [6, 6.07) is 3.96. The Morgan fingerprint density at radius 3 is 2.75 bits per heavy atom. The van der Waals surface area contributed by atoms with Gasteiger partial charge in [-0.1, -0.05) is 13.8 Å². The second kappa shape index (κ2) is 5.78. The Morgan fingerprint density at radius 1 is 1.30 bits per heavy atom. The number of hydrogen-bond acceptors (Lipinski definition) is 3. The van der Waals surface area contributed by atoms with E-state index in [0.29, 0.717) is 0 Å². The van der Waals surface area contributed by atoms with Crippen molar-refractivity contribution in [1.29, 1.82) is 0 Å². The van der Waals surface area contributed by atoms with Gasteiger partial charge in [0, 0.05) is 41.5 Å². The molecule has 2 unspecified atom stereocenters. The van der Waals surface area contributed by atoms with Crippen molar-refractivity contribution in [3.63, 3.8) is 0 Å². The van der Waals surface area contributed by atoms with Crippen molar-refractivity contribution in [2.24, 2.45) is 5.92 Å². The highest BCUT2D eigenvalue weighted by molar-refractivity contribution is 7.12. The standard InChI is InChI=1S/C17H28N2S/c1-12(2)17-11-18-7-5-6-15(18)9-19(17)10-16-8-13(3)14(4)20-16/h8,12,15,17H,5-7,9-11H2,1-4H3. The Kier molecular flexibility index (Phi) is 4.21. The van der Waals surface area contributed by atoms with E-state index in [1.54, 1.807) is 4.88 Å². The maximum atomic E-state index is 2.77. The lowest BCUT2D eigenvalue weighted by molar-refractivity contribution is 0.0246. The summed E-state index contributed by atoms with van der Waals surface area (Å²) in [5, 5.41) is 0. The molecule has 2 nitrogen and oxygen atoms in total. The van der Waals surface area contributed by atoms with Gasteiger partial charge in [-0.25, -0.2) is 0 Å². The first-order chi connectivity index (χ1) is 9.54. The highest BCUT2D eigenvalue weighted by Gasteiger charge is 2.37. The van der Waals surface area contributed by atoms with Crippen molar-refractivity contribution < 1.29 is 0 Å². The summed E-state index contributed by atoms with van der Waals surface area (Å²) in [7, 11) is 0. The lowest BCUT2D eigenvalue weighted by Crippen LogP contribution is -2.57. The zero-order valence-electron chi connectivity index (χ0n) is 13.4. The molecule has 0 N–H and O–H groups in total. The topological polar surface area (TPSA) is 6.48 Å². The Hall–Kier alpha value is -0.380. The van der Waals surface area contributed by atoms with Gasteiger partial charge in [-0.15, -0.1) is 11.3 Å². The van der Waals surface area contributed by atoms with Crippen molar-refractivity contribution in [2.75, 3.05) is 19.6 Å². The number of fused-ring (bicyclic) bond motifs is 1. The summed E-state index contributed by atoms with van der Waals surface area (Å²) < 4.78 is 0. The molecule has 2 fully saturated rings. The van der Waals surface area contributed by atoms with Crippen LogP contribution in [-0.4, -0.2) is 41.5 Å². The van der Waals surface area contributed by atoms with Crippen LogP contribution in [-0.2, 0) is 6.54 Å². The van der Waals surface area contributed by atoms with Crippen LogP contribution in [0.3, 0.4) is 0 Å². The van der Waals surface area contributed by atoms with E-state index in [1.807, 2.05) is 11.3 Å². The number of piperazine rings is 1. The van der Waals surface area contributed by atoms with E-state index in [9.17, 15) is 0 Å². The Morgan fingerprint density at radius 2 is 2.10 bits per heavy atom. The molecule has 3 heterocycles. The van der Waals surface area contributed by atoms with Gasteiger partial charge in [0.25, 0.3) is 0 Å². The Labute approximate surface area is 127 Å². The highest BCUT2D eigenvalue weighted by Crippen LogP contribution is 2.30. The number of hydrogen-bond donors (Lipinski definition) is 0. The molecule has 20 heavy (non-hydrogen) atoms. The van der Waals surface area contributed by atoms with Crippen LogP contribution in [0.5, 0.6) is 0 Å². The van der Waals surface area contributed by atoms with Crippen LogP contribution in [0.4, 0.5) is 0 Å². The minimum Gasteiger partial charge on any atom is -0.298 e. The average Bonchev–Trinajstić information content (AvgIpc) is 2.95. The first-order valence-corrected chi connectivity index (χ1v) is 8.90. The van der Waals surface area contributed by atoms with Gasteiger partial charge in [0.1, 0.15) is 0 Å². The monoisotopic (exact) mass is 292 g/mol. The van der Waals surface area contributed by atoms with E-state index < -0.39 is 0 Å². The average molecular weight is 292 g/mol. The van der Waals surface area contributed by atoms with Gasteiger partial charge in [0.15, 0.2) is 0 Å². The molecule has 2 saturated heterocycles. The fraction of sp³-hybridized carbons (Fsp3) is 0.765. The van der Waals surface area contributed by atoms with Crippen LogP contribution in [0.15, 0.2) is 6.07 Å². The molecule has 3 heteroatoms. The van der Waals surface area contributed by atoms with E-state index in [1.165, 1.54) is 42.9 Å². The van der Waals surface area contributed by atoms with Crippen LogP contribution in [0, 0.1) is 19.8 Å². The minimum atomic E-state index is 0.729. The third-order valence-corrected chi connectivity index (χ3v) is 6.32. The van der Waals surface area contributed by atoms with Gasteiger partial charge in [-0.3, -0.25) is 9.80 Å². The molecular formula is C17H28N2S. The molecule has 2 aliphatic heterocycles. The fourth-order valence-electron chi connectivity index (χ4n) is 3.85. The molecule has 0 aromatic carbocycles. The van der Waals surface area contributed by atoms with Crippen molar-refractivity contribution in [2.45, 2.75) is 59.2 Å². The minimum absolute atomic E-state index is 0.729. The number of nitrogens with zero attached hydrogens (tertiary/aromatic N) is 2. The smallest absolute Gasteiger partial charge is 0.0332 e. The van der Waals surface area contributed by atoms with Crippen LogP contribution < -0.4 is 0 Å². The van der Waals surface area contributed by atoms with E-state index in [2.05, 4.69) is 43.6 Å². The first-order valence-electron chi connectivity index (χ1n) is 8.08. The Bertz CT molecular complexity index is 446. The van der Waals surface area contributed by atoms with Crippen LogP contribution in [0.1, 0.15) is 42.0 Å². The molecule has 2 aliphatic rings. The van der Waals surface area contributed by atoms with E-state index in [0.717, 1.165) is 24.5 Å². The maximum Gasteiger partial charge on any atom is 0.0332 e. The predicted molar refractivity (Wildman–Crippen MR) is 87.4 cm³/mol. The first kappa shape index (κ1) is 14.6. The summed E-state index contributed by atoms with van der Waals surface area (Å²) in [6.07, 6.45) is 2.81. The molecule has 0 bridgehead atoms. The van der Waals surface area contributed by atoms with E-state index >= 15 is 0 Å². The number of rotatable bonds is 3. The second-order valence-corrected chi connectivity index (χ2v) is 8.32. The van der Waals surface area contributed by atoms with Crippen LogP contribution in [0.2, 0.25) is 0 Å². The fourth-order valence-corrected chi connectivity index (χ4v) is 4.93. The van der Waals surface area contributed by atoms with E-state index in [4.69, 9.17) is 0 Å². The van der Waals surface area contributed by atoms with Gasteiger partial charge in [0.2, 0.25) is 0 Å². The van der Waals surface area contributed by atoms with Gasteiger partial charge < -0.3 is 0 Å². The normalized spacial score (nSPS) is 28.2. The molecule has 0 amide bonds. The van der Waals surface area contributed by atoms with Crippen LogP contribution >= 0.6 is 11.3 Å². The summed E-state index contributed by atoms with van der Waals surface area (Å²) >= 11 is 1.99. The second-order valence-electron chi connectivity index (χ2n) is 6.98. The predicted octanol–water partition coefficient (Wildman–Crippen LogP) is 3.67. The van der Waals surface area contributed by atoms with Crippen molar-refractivity contribution in [3.8, 4) is 0 Å². The van der Waals surface area contributed by atoms with Gasteiger partial charge >= 0.3 is 0 Å². The molecule has 1 aromatic heterocycles. The maximum absolute atomic E-state index is 2.77. The van der Waals surface area contributed by atoms with Crippen molar-refractivity contribution in [1.82, 2.24) is 9.80 Å². The Balaban J connectivity index is 1.74. The van der Waals surface area contributed by atoms with Crippen molar-refractivity contribution >= 4 is 11.3 Å². The summed E-state index contributed by atoms with van der Waals surface area (Å²) in [5.74, 6) is 0.749. The molecule has 3 rings (SSSR count). The number of thiophene rings is 1. The van der Waals surface area contributed by atoms with Crippen molar-refractivity contribution in [3.05, 3.63) is 21.4 Å². The molecule has 0 radical (unpaired) electrons. The molecule has 0 saturated carbocycles. The molecule has 0 aliphatic carbocycles. The zero-order valence-corrected chi connectivity index (χ0v) is 14.2. The highest BCUT2D eigenvalue weighted by atomic mass is 32.1. The zero-order chi connectivity index (χ0) is 14.3. The van der Waals surface area contributed by atoms with Crippen LogP contribution in [0.25, 0.3) is 0 Å². The number of aryl methyl sites for hydroxylation is 2. The summed E-state index contributed by atoms with van der Waals surface area (Å²) in [5.41, 5.74) is 1.46.